The third kappa shape index (κ3) is 2.17. The molecule has 11 heavy (non-hydrogen) atoms. The van der Waals surface area contributed by atoms with Gasteiger partial charge in [-0.25, -0.2) is 0 Å². The van der Waals surface area contributed by atoms with Gasteiger partial charge in [-0.2, -0.15) is 0 Å². The van der Waals surface area contributed by atoms with E-state index in [-0.39, 0.29) is 22.3 Å². The monoisotopic (exact) mass is 194 g/mol. The van der Waals surface area contributed by atoms with Gasteiger partial charge in [0, 0.05) is 11.8 Å². The molecule has 0 heterocycles. The quantitative estimate of drug-likeness (QED) is 0.631. The maximum Gasteiger partial charge on any atom is 0.224 e. The third-order valence-electron chi connectivity index (χ3n) is 2.07. The van der Waals surface area contributed by atoms with Gasteiger partial charge in [-0.05, 0) is 42.5 Å². The molecule has 0 aromatic carbocycles. The van der Waals surface area contributed by atoms with Crippen LogP contribution in [0.1, 0.15) is 19.3 Å². The summed E-state index contributed by atoms with van der Waals surface area (Å²) in [5, 5.41) is -0.684. The van der Waals surface area contributed by atoms with E-state index in [1.54, 1.807) is 0 Å². The van der Waals surface area contributed by atoms with Gasteiger partial charge in [-0.15, -0.1) is 0 Å². The molecule has 2 atom stereocenters. The van der Waals surface area contributed by atoms with Gasteiger partial charge in [0.15, 0.2) is 0 Å². The number of hydrogen-bond acceptors (Lipinski definition) is 2. The molecular weight excluding hydrogens is 187 g/mol. The summed E-state index contributed by atoms with van der Waals surface area (Å²) in [5.74, 6) is -0.297. The molecule has 1 aliphatic rings. The molecule has 1 aliphatic carbocycles. The van der Waals surface area contributed by atoms with Gasteiger partial charge in [0.2, 0.25) is 10.5 Å². The smallest absolute Gasteiger partial charge is 0.224 e. The van der Waals surface area contributed by atoms with E-state index in [4.69, 9.17) is 23.2 Å². The summed E-state index contributed by atoms with van der Waals surface area (Å²) in [7, 11) is 0. The second-order valence-corrected chi connectivity index (χ2v) is 3.56. The summed E-state index contributed by atoms with van der Waals surface area (Å²) >= 11 is 10.5. The highest BCUT2D eigenvalue weighted by Crippen LogP contribution is 2.33. The predicted octanol–water partition coefficient (Wildman–Crippen LogP) is 1.93. The highest BCUT2D eigenvalue weighted by Gasteiger charge is 2.32. The first-order chi connectivity index (χ1) is 5.11. The van der Waals surface area contributed by atoms with E-state index in [9.17, 15) is 9.59 Å². The summed E-state index contributed by atoms with van der Waals surface area (Å²) < 4.78 is 0. The molecule has 0 radical (unpaired) electrons. The Kier molecular flexibility index (Phi) is 2.90. The second-order valence-electron chi connectivity index (χ2n) is 2.82. The van der Waals surface area contributed by atoms with Crippen molar-refractivity contribution in [1.29, 1.82) is 0 Å². The first-order valence-corrected chi connectivity index (χ1v) is 4.25. The van der Waals surface area contributed by atoms with Crippen LogP contribution >= 0.6 is 23.2 Å². The van der Waals surface area contributed by atoms with E-state index in [1.807, 2.05) is 0 Å². The highest BCUT2D eigenvalue weighted by atomic mass is 35.5. The molecule has 1 rings (SSSR count). The lowest BCUT2D eigenvalue weighted by Gasteiger charge is -2.01. The fraction of sp³-hybridized carbons (Fsp3) is 0.714. The molecule has 2 unspecified atom stereocenters. The van der Waals surface area contributed by atoms with Crippen LogP contribution in [0, 0.1) is 11.8 Å². The number of carbonyl (C=O) groups is 2. The summed E-state index contributed by atoms with van der Waals surface area (Å²) in [6.07, 6.45) is 1.93. The van der Waals surface area contributed by atoms with Crippen molar-refractivity contribution in [3.05, 3.63) is 0 Å². The van der Waals surface area contributed by atoms with Gasteiger partial charge in [-0.3, -0.25) is 9.59 Å². The van der Waals surface area contributed by atoms with Crippen LogP contribution in [-0.4, -0.2) is 10.5 Å². The molecule has 0 bridgehead atoms. The molecular formula is C7H8Cl2O2. The van der Waals surface area contributed by atoms with Gasteiger partial charge < -0.3 is 0 Å². The zero-order valence-corrected chi connectivity index (χ0v) is 7.36. The maximum absolute atomic E-state index is 10.6. The Balaban J connectivity index is 2.47. The Bertz CT molecular complexity index is 171. The van der Waals surface area contributed by atoms with Crippen molar-refractivity contribution in [3.8, 4) is 0 Å². The Morgan fingerprint density at radius 1 is 1.00 bits per heavy atom. The van der Waals surface area contributed by atoms with Crippen LogP contribution in [0.4, 0.5) is 0 Å². The molecule has 1 saturated carbocycles. The molecule has 0 spiro atoms. The molecule has 1 fully saturated rings. The average molecular weight is 195 g/mol. The number of rotatable bonds is 2. The Morgan fingerprint density at radius 3 is 1.55 bits per heavy atom. The summed E-state index contributed by atoms with van der Waals surface area (Å²) in [6, 6.07) is 0. The number of hydrogen-bond donors (Lipinski definition) is 0. The zero-order valence-electron chi connectivity index (χ0n) is 5.85. The lowest BCUT2D eigenvalue weighted by atomic mass is 10.1. The average Bonchev–Trinajstić information content (AvgIpc) is 2.33. The van der Waals surface area contributed by atoms with E-state index >= 15 is 0 Å². The summed E-state index contributed by atoms with van der Waals surface area (Å²) in [4.78, 5) is 21.3. The van der Waals surface area contributed by atoms with Gasteiger partial charge in [0.05, 0.1) is 0 Å². The van der Waals surface area contributed by atoms with Crippen molar-refractivity contribution in [2.45, 2.75) is 19.3 Å². The lowest BCUT2D eigenvalue weighted by molar-refractivity contribution is -0.116. The molecule has 2 nitrogen and oxygen atoms in total. The summed E-state index contributed by atoms with van der Waals surface area (Å²) in [5.41, 5.74) is 0. The molecule has 0 aromatic rings. The van der Waals surface area contributed by atoms with Crippen molar-refractivity contribution in [2.24, 2.45) is 11.8 Å². The standard InChI is InChI=1S/C7H8Cl2O2/c8-6(10)4-1-2-5(3-4)7(9)11/h4-5H,1-3H2. The topological polar surface area (TPSA) is 34.1 Å². The van der Waals surface area contributed by atoms with Crippen molar-refractivity contribution in [2.75, 3.05) is 0 Å². The van der Waals surface area contributed by atoms with Crippen LogP contribution in [0.2, 0.25) is 0 Å². The summed E-state index contributed by atoms with van der Waals surface area (Å²) in [6.45, 7) is 0. The molecule has 0 aromatic heterocycles. The van der Waals surface area contributed by atoms with E-state index in [1.165, 1.54) is 0 Å². The van der Waals surface area contributed by atoms with E-state index in [0.717, 1.165) is 0 Å². The van der Waals surface area contributed by atoms with Crippen LogP contribution in [0.3, 0.4) is 0 Å². The van der Waals surface area contributed by atoms with Crippen LogP contribution in [0.25, 0.3) is 0 Å². The molecule has 0 N–H and O–H groups in total. The Labute approximate surface area is 74.9 Å². The fourth-order valence-corrected chi connectivity index (χ4v) is 1.79. The van der Waals surface area contributed by atoms with Crippen LogP contribution < -0.4 is 0 Å². The maximum atomic E-state index is 10.6. The fourth-order valence-electron chi connectivity index (χ4n) is 1.39. The van der Waals surface area contributed by atoms with Gasteiger partial charge in [0.1, 0.15) is 0 Å². The van der Waals surface area contributed by atoms with Gasteiger partial charge in [0.25, 0.3) is 0 Å². The largest absolute Gasteiger partial charge is 0.281 e. The number of halogens is 2. The minimum atomic E-state index is -0.342. The first-order valence-electron chi connectivity index (χ1n) is 3.50. The first kappa shape index (κ1) is 9.01. The van der Waals surface area contributed by atoms with E-state index in [0.29, 0.717) is 19.3 Å². The Morgan fingerprint density at radius 2 is 1.36 bits per heavy atom. The minimum Gasteiger partial charge on any atom is -0.281 e. The normalized spacial score (nSPS) is 30.4. The van der Waals surface area contributed by atoms with Gasteiger partial charge in [-0.1, -0.05) is 0 Å². The minimum absolute atomic E-state index is 0.149. The molecule has 4 heteroatoms. The molecule has 0 aliphatic heterocycles. The van der Waals surface area contributed by atoms with E-state index in [2.05, 4.69) is 0 Å². The van der Waals surface area contributed by atoms with Crippen LogP contribution in [0.15, 0.2) is 0 Å². The molecule has 0 saturated heterocycles. The highest BCUT2D eigenvalue weighted by molar-refractivity contribution is 6.65. The van der Waals surface area contributed by atoms with Crippen molar-refractivity contribution in [3.63, 3.8) is 0 Å². The Hall–Kier alpha value is -0.0800. The third-order valence-corrected chi connectivity index (χ3v) is 2.69. The number of carbonyl (C=O) groups excluding carboxylic acids is 2. The van der Waals surface area contributed by atoms with Crippen molar-refractivity contribution < 1.29 is 9.59 Å². The van der Waals surface area contributed by atoms with Gasteiger partial charge >= 0.3 is 0 Å². The predicted molar refractivity (Wildman–Crippen MR) is 42.6 cm³/mol. The zero-order chi connectivity index (χ0) is 8.43. The van der Waals surface area contributed by atoms with Crippen LogP contribution in [-0.2, 0) is 9.59 Å². The van der Waals surface area contributed by atoms with E-state index < -0.39 is 0 Å². The lowest BCUT2D eigenvalue weighted by Crippen LogP contribution is -2.07. The molecule has 0 amide bonds. The van der Waals surface area contributed by atoms with Crippen molar-refractivity contribution in [1.82, 2.24) is 0 Å². The van der Waals surface area contributed by atoms with Crippen LogP contribution in [0.5, 0.6) is 0 Å². The molecule has 62 valence electrons. The second kappa shape index (κ2) is 3.55. The SMILES string of the molecule is O=C(Cl)C1CCC(C(=O)Cl)C1. The van der Waals surface area contributed by atoms with Crippen molar-refractivity contribution >= 4 is 33.7 Å².